The van der Waals surface area contributed by atoms with E-state index in [9.17, 15) is 29.3 Å². The largest absolute Gasteiger partial charge is 0.463 e. The zero-order valence-corrected chi connectivity index (χ0v) is 18.2. The second-order valence-corrected chi connectivity index (χ2v) is 6.94. The van der Waals surface area contributed by atoms with Crippen molar-refractivity contribution in [3.05, 3.63) is 34.4 Å². The summed E-state index contributed by atoms with van der Waals surface area (Å²) in [5.41, 5.74) is -0.191. The van der Waals surface area contributed by atoms with Crippen LogP contribution in [0.15, 0.2) is 24.3 Å². The van der Waals surface area contributed by atoms with Crippen LogP contribution in [0.3, 0.4) is 0 Å². The Kier molecular flexibility index (Phi) is 8.68. The van der Waals surface area contributed by atoms with Gasteiger partial charge in [0.1, 0.15) is 18.5 Å². The molecule has 4 unspecified atom stereocenters. The van der Waals surface area contributed by atoms with Gasteiger partial charge in [0.25, 0.3) is 5.69 Å². The molecule has 13 heteroatoms. The summed E-state index contributed by atoms with van der Waals surface area (Å²) in [5, 5.41) is 10.9. The number of nitro benzene ring substituents is 1. The van der Waals surface area contributed by atoms with Gasteiger partial charge in [-0.15, -0.1) is 0 Å². The van der Waals surface area contributed by atoms with Crippen LogP contribution < -0.4 is 4.74 Å². The van der Waals surface area contributed by atoms with Crippen LogP contribution in [0, 0.1) is 10.1 Å². The second kappa shape index (κ2) is 11.2. The molecule has 0 aliphatic carbocycles. The molecular formula is C20H23NO12. The minimum absolute atomic E-state index is 0.0986. The molecule has 0 N–H and O–H groups in total. The van der Waals surface area contributed by atoms with Crippen LogP contribution in [-0.2, 0) is 42.9 Å². The fourth-order valence-electron chi connectivity index (χ4n) is 3.06. The van der Waals surface area contributed by atoms with Crippen molar-refractivity contribution < 1.29 is 52.5 Å². The first-order valence-corrected chi connectivity index (χ1v) is 9.69. The molecule has 1 fully saturated rings. The van der Waals surface area contributed by atoms with Crippen molar-refractivity contribution in [1.82, 2.24) is 0 Å². The number of hydrogen-bond donors (Lipinski definition) is 0. The summed E-state index contributed by atoms with van der Waals surface area (Å²) in [4.78, 5) is 56.8. The lowest BCUT2D eigenvalue weighted by molar-refractivity contribution is -0.384. The molecule has 1 aromatic rings. The summed E-state index contributed by atoms with van der Waals surface area (Å²) in [6.07, 6.45) is -6.69. The van der Waals surface area contributed by atoms with Crippen LogP contribution in [0.2, 0.25) is 0 Å². The van der Waals surface area contributed by atoms with E-state index >= 15 is 0 Å². The average molecular weight is 469 g/mol. The van der Waals surface area contributed by atoms with Crippen LogP contribution in [-0.4, -0.2) is 66.1 Å². The fraction of sp³-hybridized carbons (Fsp3) is 0.500. The summed E-state index contributed by atoms with van der Waals surface area (Å²) in [6.45, 7) is 4.05. The molecule has 0 amide bonds. The zero-order chi connectivity index (χ0) is 24.7. The first kappa shape index (κ1) is 25.5. The summed E-state index contributed by atoms with van der Waals surface area (Å²) in [6, 6.07) is 4.93. The third-order valence-electron chi connectivity index (χ3n) is 4.25. The van der Waals surface area contributed by atoms with E-state index in [1.807, 2.05) is 0 Å². The van der Waals surface area contributed by atoms with Crippen LogP contribution in [0.4, 0.5) is 5.69 Å². The minimum atomic E-state index is -1.42. The normalized spacial score (nSPS) is 24.2. The topological polar surface area (TPSA) is 167 Å². The van der Waals surface area contributed by atoms with Crippen molar-refractivity contribution in [2.45, 2.75) is 58.4 Å². The van der Waals surface area contributed by atoms with E-state index < -0.39 is 66.1 Å². The van der Waals surface area contributed by atoms with Gasteiger partial charge in [0.05, 0.1) is 4.92 Å². The number of nitro groups is 1. The third-order valence-corrected chi connectivity index (χ3v) is 4.25. The third kappa shape index (κ3) is 7.42. The predicted octanol–water partition coefficient (Wildman–Crippen LogP) is 1.06. The van der Waals surface area contributed by atoms with Gasteiger partial charge in [0, 0.05) is 39.8 Å². The van der Waals surface area contributed by atoms with Crippen molar-refractivity contribution in [2.75, 3.05) is 6.61 Å². The van der Waals surface area contributed by atoms with Gasteiger partial charge in [-0.1, -0.05) is 0 Å². The Morgan fingerprint density at radius 2 is 1.36 bits per heavy atom. The van der Waals surface area contributed by atoms with E-state index in [1.54, 1.807) is 0 Å². The molecule has 33 heavy (non-hydrogen) atoms. The smallest absolute Gasteiger partial charge is 0.303 e. The van der Waals surface area contributed by atoms with Crippen LogP contribution >= 0.6 is 0 Å². The minimum Gasteiger partial charge on any atom is -0.463 e. The summed E-state index contributed by atoms with van der Waals surface area (Å²) >= 11 is 0. The number of ether oxygens (including phenoxy) is 6. The lowest BCUT2D eigenvalue weighted by Gasteiger charge is -2.43. The first-order chi connectivity index (χ1) is 15.5. The van der Waals surface area contributed by atoms with E-state index in [4.69, 9.17) is 28.4 Å². The molecule has 180 valence electrons. The number of rotatable bonds is 8. The van der Waals surface area contributed by atoms with Gasteiger partial charge >= 0.3 is 23.9 Å². The highest BCUT2D eigenvalue weighted by atomic mass is 16.7. The SMILES string of the molecule is CC(=O)OCC1OC(Oc2ccc([N+](=O)[O-])cc2)C(OC(C)=O)C(OC(C)=O)[C@H]1OC(C)=O. The lowest BCUT2D eigenvalue weighted by Crippen LogP contribution is -2.63. The van der Waals surface area contributed by atoms with E-state index in [0.717, 1.165) is 27.7 Å². The van der Waals surface area contributed by atoms with Crippen molar-refractivity contribution in [3.63, 3.8) is 0 Å². The van der Waals surface area contributed by atoms with Crippen molar-refractivity contribution in [2.24, 2.45) is 0 Å². The molecular weight excluding hydrogens is 446 g/mol. The van der Waals surface area contributed by atoms with Gasteiger partial charge in [-0.05, 0) is 12.1 Å². The summed E-state index contributed by atoms with van der Waals surface area (Å²) < 4.78 is 32.3. The fourth-order valence-corrected chi connectivity index (χ4v) is 3.06. The van der Waals surface area contributed by atoms with Gasteiger partial charge in [-0.2, -0.15) is 0 Å². The van der Waals surface area contributed by atoms with Crippen molar-refractivity contribution in [3.8, 4) is 5.75 Å². The molecule has 0 radical (unpaired) electrons. The van der Waals surface area contributed by atoms with Crippen LogP contribution in [0.1, 0.15) is 27.7 Å². The molecule has 1 heterocycles. The maximum atomic E-state index is 11.8. The Hall–Kier alpha value is -3.74. The maximum Gasteiger partial charge on any atom is 0.303 e. The zero-order valence-electron chi connectivity index (χ0n) is 18.2. The Labute approximate surface area is 188 Å². The maximum absolute atomic E-state index is 11.8. The van der Waals surface area contributed by atoms with Gasteiger partial charge < -0.3 is 28.4 Å². The molecule has 1 aliphatic rings. The molecule has 0 bridgehead atoms. The molecule has 5 atom stereocenters. The highest BCUT2D eigenvalue weighted by Crippen LogP contribution is 2.31. The van der Waals surface area contributed by atoms with E-state index in [2.05, 4.69) is 0 Å². The van der Waals surface area contributed by atoms with Crippen molar-refractivity contribution in [1.29, 1.82) is 0 Å². The van der Waals surface area contributed by atoms with E-state index in [0.29, 0.717) is 0 Å². The monoisotopic (exact) mass is 469 g/mol. The highest BCUT2D eigenvalue weighted by Gasteiger charge is 2.53. The highest BCUT2D eigenvalue weighted by molar-refractivity contribution is 5.68. The van der Waals surface area contributed by atoms with E-state index in [-0.39, 0.29) is 11.4 Å². The van der Waals surface area contributed by atoms with Crippen molar-refractivity contribution >= 4 is 29.6 Å². The standard InChI is InChI=1S/C20H23NO12/c1-10(22)28-9-16-17(29-11(2)23)18(30-12(3)24)19(31-13(4)25)20(33-16)32-15-7-5-14(6-8-15)21(26)27/h5-8,16-20H,9H2,1-4H3/t16?,17-,18?,19?,20?/m0/s1. The number of non-ortho nitro benzene ring substituents is 1. The lowest BCUT2D eigenvalue weighted by atomic mass is 9.98. The van der Waals surface area contributed by atoms with Gasteiger partial charge in [0.15, 0.2) is 12.2 Å². The van der Waals surface area contributed by atoms with Gasteiger partial charge in [-0.3, -0.25) is 29.3 Å². The number of esters is 4. The number of nitrogens with zero attached hydrogens (tertiary/aromatic N) is 1. The molecule has 1 aliphatic heterocycles. The Morgan fingerprint density at radius 3 is 1.85 bits per heavy atom. The predicted molar refractivity (Wildman–Crippen MR) is 106 cm³/mol. The van der Waals surface area contributed by atoms with Crippen LogP contribution in [0.25, 0.3) is 0 Å². The Morgan fingerprint density at radius 1 is 0.848 bits per heavy atom. The molecule has 0 spiro atoms. The summed E-state index contributed by atoms with van der Waals surface area (Å²) in [7, 11) is 0. The number of carbonyl (C=O) groups is 4. The molecule has 2 rings (SSSR count). The summed E-state index contributed by atoms with van der Waals surface area (Å²) in [5.74, 6) is -2.87. The second-order valence-electron chi connectivity index (χ2n) is 6.94. The molecule has 0 saturated carbocycles. The van der Waals surface area contributed by atoms with E-state index in [1.165, 1.54) is 24.3 Å². The Bertz CT molecular complexity index is 899. The number of benzene rings is 1. The Balaban J connectivity index is 2.43. The van der Waals surface area contributed by atoms with Crippen LogP contribution in [0.5, 0.6) is 5.75 Å². The molecule has 0 aromatic heterocycles. The van der Waals surface area contributed by atoms with Gasteiger partial charge in [0.2, 0.25) is 12.4 Å². The van der Waals surface area contributed by atoms with Gasteiger partial charge in [-0.25, -0.2) is 0 Å². The number of carbonyl (C=O) groups excluding carboxylic acids is 4. The first-order valence-electron chi connectivity index (χ1n) is 9.69. The quantitative estimate of drug-likeness (QED) is 0.230. The number of hydrogen-bond acceptors (Lipinski definition) is 12. The average Bonchev–Trinajstić information content (AvgIpc) is 2.70. The molecule has 1 aromatic carbocycles. The molecule has 13 nitrogen and oxygen atoms in total. The molecule has 1 saturated heterocycles.